The van der Waals surface area contributed by atoms with Gasteiger partial charge in [-0.3, -0.25) is 0 Å². The molecule has 124 valence electrons. The number of allylic oxidation sites excluding steroid dienone is 5. The maximum Gasteiger partial charge on any atom is 0.342 e. The number of thiocarbonyl (C=S) groups is 1. The van der Waals surface area contributed by atoms with E-state index in [4.69, 9.17) is 0 Å². The van der Waals surface area contributed by atoms with Crippen LogP contribution >= 0.6 is 24.0 Å². The van der Waals surface area contributed by atoms with Crippen LogP contribution in [-0.4, -0.2) is 29.6 Å². The first-order valence-corrected chi connectivity index (χ1v) is 6.78. The molecule has 0 spiro atoms. The van der Waals surface area contributed by atoms with Crippen LogP contribution in [0.1, 0.15) is 6.92 Å². The number of rotatable bonds is 5. The van der Waals surface area contributed by atoms with Crippen molar-refractivity contribution >= 4 is 28.8 Å². The molecular weight excluding hydrogens is 360 g/mol. The van der Waals surface area contributed by atoms with Crippen LogP contribution in [0.15, 0.2) is 33.6 Å². The third-order valence-corrected chi connectivity index (χ3v) is 3.91. The van der Waals surface area contributed by atoms with Crippen molar-refractivity contribution in [2.24, 2.45) is 0 Å². The molecule has 1 rings (SSSR count). The molecule has 0 amide bonds. The van der Waals surface area contributed by atoms with Gasteiger partial charge < -0.3 is 0 Å². The second-order valence-electron chi connectivity index (χ2n) is 4.26. The molecule has 0 aromatic carbocycles. The summed E-state index contributed by atoms with van der Waals surface area (Å²) in [6.45, 7) is 1.27. The summed E-state index contributed by atoms with van der Waals surface area (Å²) in [6.07, 6.45) is -5.78. The molecule has 10 heteroatoms. The minimum atomic E-state index is -4.61. The van der Waals surface area contributed by atoms with E-state index < -0.39 is 34.5 Å². The standard InChI is InChI=1S/C12H8F8S2/c1-5-2-6(4-7(21)11(17,18)9(13)14)22-8(3-5)12(19,20)10(15)16/h2-4,9-10H,1H3. The summed E-state index contributed by atoms with van der Waals surface area (Å²) in [4.78, 5) is -2.88. The van der Waals surface area contributed by atoms with Gasteiger partial charge in [0.15, 0.2) is 0 Å². The van der Waals surface area contributed by atoms with E-state index in [0.29, 0.717) is 6.08 Å². The Hall–Kier alpha value is -0.900. The monoisotopic (exact) mass is 368 g/mol. The summed E-state index contributed by atoms with van der Waals surface area (Å²) >= 11 is 4.24. The molecule has 0 atom stereocenters. The van der Waals surface area contributed by atoms with Crippen molar-refractivity contribution in [3.63, 3.8) is 0 Å². The van der Waals surface area contributed by atoms with Crippen molar-refractivity contribution in [2.45, 2.75) is 31.6 Å². The molecule has 0 aromatic heterocycles. The molecule has 0 saturated carbocycles. The highest BCUT2D eigenvalue weighted by molar-refractivity contribution is 8.07. The second kappa shape index (κ2) is 6.69. The summed E-state index contributed by atoms with van der Waals surface area (Å²) in [5.74, 6) is -9.09. The first kappa shape index (κ1) is 19.1. The fourth-order valence-electron chi connectivity index (χ4n) is 1.33. The van der Waals surface area contributed by atoms with E-state index in [0.717, 1.165) is 12.2 Å². The molecule has 1 aliphatic rings. The molecule has 0 aliphatic carbocycles. The Morgan fingerprint density at radius 1 is 1.09 bits per heavy atom. The zero-order chi connectivity index (χ0) is 17.3. The number of thioether (sulfide) groups is 1. The van der Waals surface area contributed by atoms with Crippen LogP contribution in [-0.2, 0) is 0 Å². The van der Waals surface area contributed by atoms with Gasteiger partial charge in [0.2, 0.25) is 0 Å². The van der Waals surface area contributed by atoms with Crippen LogP contribution < -0.4 is 0 Å². The van der Waals surface area contributed by atoms with Gasteiger partial charge in [0.25, 0.3) is 0 Å². The highest BCUT2D eigenvalue weighted by Gasteiger charge is 2.47. The van der Waals surface area contributed by atoms with Gasteiger partial charge in [0.1, 0.15) is 0 Å². The topological polar surface area (TPSA) is 0 Å². The summed E-state index contributed by atoms with van der Waals surface area (Å²) in [5, 5.41) is 0. The van der Waals surface area contributed by atoms with Crippen LogP contribution in [0.2, 0.25) is 0 Å². The Bertz CT molecular complexity index is 545. The van der Waals surface area contributed by atoms with Gasteiger partial charge in [0.05, 0.1) is 9.77 Å². The fraction of sp³-hybridized carbons (Fsp3) is 0.417. The number of hydrogen-bond acceptors (Lipinski definition) is 2. The molecule has 1 aliphatic heterocycles. The third kappa shape index (κ3) is 4.09. The number of alkyl halides is 8. The van der Waals surface area contributed by atoms with Crippen molar-refractivity contribution in [3.8, 4) is 0 Å². The van der Waals surface area contributed by atoms with E-state index in [1.165, 1.54) is 6.92 Å². The molecule has 0 radical (unpaired) electrons. The van der Waals surface area contributed by atoms with Gasteiger partial charge in [-0.25, -0.2) is 17.6 Å². The summed E-state index contributed by atoms with van der Waals surface area (Å²) in [6, 6.07) is 0. The molecule has 0 unspecified atom stereocenters. The van der Waals surface area contributed by atoms with Crippen molar-refractivity contribution in [3.05, 3.63) is 33.6 Å². The smallest absolute Gasteiger partial charge is 0.203 e. The normalized spacial score (nSPS) is 18.8. The summed E-state index contributed by atoms with van der Waals surface area (Å²) < 4.78 is 102. The maximum absolute atomic E-state index is 13.3. The van der Waals surface area contributed by atoms with E-state index in [2.05, 4.69) is 12.2 Å². The van der Waals surface area contributed by atoms with Crippen LogP contribution in [0.4, 0.5) is 35.1 Å². The largest absolute Gasteiger partial charge is 0.342 e. The molecule has 22 heavy (non-hydrogen) atoms. The molecule has 0 saturated heterocycles. The average molecular weight is 368 g/mol. The molecule has 1 heterocycles. The SMILES string of the molecule is CC1=CC(=CC(=S)C(F)(F)C(F)F)SC(C(F)(F)C(F)F)=C1. The Morgan fingerprint density at radius 2 is 1.64 bits per heavy atom. The highest BCUT2D eigenvalue weighted by atomic mass is 32.2. The predicted molar refractivity (Wildman–Crippen MR) is 72.0 cm³/mol. The Balaban J connectivity index is 3.10. The van der Waals surface area contributed by atoms with Gasteiger partial charge >= 0.3 is 24.7 Å². The zero-order valence-electron chi connectivity index (χ0n) is 10.7. The van der Waals surface area contributed by atoms with E-state index in [-0.39, 0.29) is 22.2 Å². The molecule has 0 N–H and O–H groups in total. The van der Waals surface area contributed by atoms with Crippen LogP contribution in [0.3, 0.4) is 0 Å². The van der Waals surface area contributed by atoms with Crippen molar-refractivity contribution < 1.29 is 35.1 Å². The lowest BCUT2D eigenvalue weighted by Gasteiger charge is -2.22. The minimum Gasteiger partial charge on any atom is -0.203 e. The lowest BCUT2D eigenvalue weighted by atomic mass is 10.1. The second-order valence-corrected chi connectivity index (χ2v) is 5.81. The molecular formula is C12H8F8S2. The first-order chi connectivity index (χ1) is 9.88. The highest BCUT2D eigenvalue weighted by Crippen LogP contribution is 2.45. The average Bonchev–Trinajstić information content (AvgIpc) is 2.37. The van der Waals surface area contributed by atoms with Crippen molar-refractivity contribution in [2.75, 3.05) is 0 Å². The molecule has 0 nitrogen and oxygen atoms in total. The fourth-order valence-corrected chi connectivity index (χ4v) is 2.77. The van der Waals surface area contributed by atoms with E-state index in [1.54, 1.807) is 0 Å². The van der Waals surface area contributed by atoms with Crippen molar-refractivity contribution in [1.82, 2.24) is 0 Å². The van der Waals surface area contributed by atoms with E-state index in [9.17, 15) is 35.1 Å². The lowest BCUT2D eigenvalue weighted by molar-refractivity contribution is -0.0934. The Kier molecular flexibility index (Phi) is 5.82. The van der Waals surface area contributed by atoms with Gasteiger partial charge in [-0.15, -0.1) is 0 Å². The van der Waals surface area contributed by atoms with E-state index >= 15 is 0 Å². The first-order valence-electron chi connectivity index (χ1n) is 5.55. The Morgan fingerprint density at radius 3 is 2.09 bits per heavy atom. The third-order valence-electron chi connectivity index (χ3n) is 2.44. The zero-order valence-corrected chi connectivity index (χ0v) is 12.4. The number of halogens is 8. The lowest BCUT2D eigenvalue weighted by Crippen LogP contribution is -2.34. The van der Waals surface area contributed by atoms with Gasteiger partial charge in [-0.2, -0.15) is 17.6 Å². The van der Waals surface area contributed by atoms with E-state index in [1.807, 2.05) is 0 Å². The maximum atomic E-state index is 13.3. The predicted octanol–water partition coefficient (Wildman–Crippen LogP) is 5.62. The van der Waals surface area contributed by atoms with Gasteiger partial charge in [-0.05, 0) is 30.7 Å². The molecule has 0 fully saturated rings. The van der Waals surface area contributed by atoms with Crippen LogP contribution in [0.25, 0.3) is 0 Å². The summed E-state index contributed by atoms with van der Waals surface area (Å²) in [5.41, 5.74) is 0.0727. The van der Waals surface area contributed by atoms with Crippen LogP contribution in [0.5, 0.6) is 0 Å². The summed E-state index contributed by atoms with van der Waals surface area (Å²) in [7, 11) is 0. The number of hydrogen-bond donors (Lipinski definition) is 0. The quantitative estimate of drug-likeness (QED) is 0.351. The minimum absolute atomic E-state index is 0.0727. The molecule has 0 aromatic rings. The molecule has 0 bridgehead atoms. The van der Waals surface area contributed by atoms with Gasteiger partial charge in [0, 0.05) is 4.91 Å². The van der Waals surface area contributed by atoms with Gasteiger partial charge in [-0.1, -0.05) is 24.0 Å². The van der Waals surface area contributed by atoms with Crippen molar-refractivity contribution in [1.29, 1.82) is 0 Å². The Labute approximate surface area is 129 Å². The van der Waals surface area contributed by atoms with Crippen LogP contribution in [0, 0.1) is 0 Å².